The third-order valence-electron chi connectivity index (χ3n) is 5.37. The minimum Gasteiger partial charge on any atom is -0.505 e. The summed E-state index contributed by atoms with van der Waals surface area (Å²) in [5, 5.41) is 22.2. The SMILES string of the molecule is CC(C)(C)c1cc(C(C)(C)C)c2c(c1O)N=C1c3ccccc3C(=O)C1(O)O2. The Morgan fingerprint density at radius 1 is 0.964 bits per heavy atom. The van der Waals surface area contributed by atoms with Crippen molar-refractivity contribution >= 4 is 17.2 Å². The van der Waals surface area contributed by atoms with Crippen LogP contribution in [0.2, 0.25) is 0 Å². The topological polar surface area (TPSA) is 79.1 Å². The van der Waals surface area contributed by atoms with Crippen LogP contribution in [0.25, 0.3) is 0 Å². The zero-order valence-corrected chi connectivity index (χ0v) is 17.0. The molecule has 0 saturated heterocycles. The molecule has 1 aliphatic carbocycles. The van der Waals surface area contributed by atoms with Crippen molar-refractivity contribution in [1.29, 1.82) is 0 Å². The third-order valence-corrected chi connectivity index (χ3v) is 5.37. The van der Waals surface area contributed by atoms with Crippen molar-refractivity contribution in [3.05, 3.63) is 52.6 Å². The van der Waals surface area contributed by atoms with Gasteiger partial charge in [0.25, 0.3) is 0 Å². The molecule has 2 aromatic carbocycles. The molecule has 2 aromatic rings. The van der Waals surface area contributed by atoms with E-state index in [1.807, 2.05) is 47.6 Å². The van der Waals surface area contributed by atoms with E-state index in [9.17, 15) is 15.0 Å². The van der Waals surface area contributed by atoms with Gasteiger partial charge in [-0.25, -0.2) is 4.99 Å². The second-order valence-corrected chi connectivity index (χ2v) is 9.58. The number of ether oxygens (including phenoxy) is 1. The maximum absolute atomic E-state index is 12.9. The molecule has 0 saturated carbocycles. The predicted molar refractivity (Wildman–Crippen MR) is 108 cm³/mol. The standard InChI is InChI=1S/C23H25NO4/c1-21(2,3)14-11-15(22(4,5)6)18-16(17(14)25)24-19-12-9-7-8-10-13(12)20(26)23(19,27)28-18/h7-11,25,27H,1-6H3. The highest BCUT2D eigenvalue weighted by Gasteiger charge is 2.55. The molecule has 1 unspecified atom stereocenters. The maximum Gasteiger partial charge on any atom is 0.318 e. The number of carbonyl (C=O) groups is 1. The van der Waals surface area contributed by atoms with Gasteiger partial charge in [0.15, 0.2) is 5.75 Å². The minimum atomic E-state index is -2.17. The number of ketones is 1. The number of carbonyl (C=O) groups excluding carboxylic acids is 1. The average molecular weight is 379 g/mol. The van der Waals surface area contributed by atoms with Crippen LogP contribution >= 0.6 is 0 Å². The van der Waals surface area contributed by atoms with E-state index in [1.165, 1.54) is 0 Å². The van der Waals surface area contributed by atoms with Crippen LogP contribution in [0.3, 0.4) is 0 Å². The molecule has 1 heterocycles. The Labute approximate surface area is 164 Å². The third kappa shape index (κ3) is 2.42. The van der Waals surface area contributed by atoms with Crippen molar-refractivity contribution < 1.29 is 19.7 Å². The van der Waals surface area contributed by atoms with Crippen LogP contribution in [0.5, 0.6) is 11.5 Å². The summed E-state index contributed by atoms with van der Waals surface area (Å²) in [5.41, 5.74) is 2.13. The van der Waals surface area contributed by atoms with Gasteiger partial charge in [0.05, 0.1) is 0 Å². The van der Waals surface area contributed by atoms with Gasteiger partial charge in [0.2, 0.25) is 5.78 Å². The lowest BCUT2D eigenvalue weighted by Crippen LogP contribution is -2.49. The molecule has 2 aliphatic rings. The number of rotatable bonds is 0. The highest BCUT2D eigenvalue weighted by atomic mass is 16.6. The van der Waals surface area contributed by atoms with Crippen LogP contribution < -0.4 is 4.74 Å². The molecule has 1 aliphatic heterocycles. The van der Waals surface area contributed by atoms with Crippen LogP contribution in [0.15, 0.2) is 35.3 Å². The van der Waals surface area contributed by atoms with Crippen LogP contribution in [0.1, 0.15) is 68.6 Å². The minimum absolute atomic E-state index is 0.0156. The first-order valence-electron chi connectivity index (χ1n) is 9.41. The van der Waals surface area contributed by atoms with E-state index in [0.717, 1.165) is 11.1 Å². The fourth-order valence-electron chi connectivity index (χ4n) is 3.83. The van der Waals surface area contributed by atoms with Gasteiger partial charge < -0.3 is 14.9 Å². The van der Waals surface area contributed by atoms with Gasteiger partial charge in [-0.3, -0.25) is 4.79 Å². The molecule has 1 atom stereocenters. The summed E-state index contributed by atoms with van der Waals surface area (Å²) >= 11 is 0. The first kappa shape index (κ1) is 18.7. The fourth-order valence-corrected chi connectivity index (χ4v) is 3.83. The molecule has 2 N–H and O–H groups in total. The van der Waals surface area contributed by atoms with Gasteiger partial charge in [0.1, 0.15) is 17.1 Å². The number of benzene rings is 2. The number of phenolic OH excluding ortho intramolecular Hbond substituents is 1. The van der Waals surface area contributed by atoms with E-state index in [2.05, 4.69) is 4.99 Å². The molecular formula is C23H25NO4. The van der Waals surface area contributed by atoms with Crippen LogP contribution in [0.4, 0.5) is 5.69 Å². The molecule has 0 fully saturated rings. The average Bonchev–Trinajstić information content (AvgIpc) is 2.79. The molecule has 5 heteroatoms. The molecule has 0 aromatic heterocycles. The quantitative estimate of drug-likeness (QED) is 0.712. The Morgan fingerprint density at radius 3 is 2.11 bits per heavy atom. The Hall–Kier alpha value is -2.66. The van der Waals surface area contributed by atoms with Gasteiger partial charge >= 0.3 is 5.79 Å². The normalized spacial score (nSPS) is 20.8. The van der Waals surface area contributed by atoms with E-state index >= 15 is 0 Å². The van der Waals surface area contributed by atoms with Gasteiger partial charge in [-0.15, -0.1) is 0 Å². The number of nitrogens with zero attached hydrogens (tertiary/aromatic N) is 1. The molecule has 0 bridgehead atoms. The second kappa shape index (κ2) is 5.45. The lowest BCUT2D eigenvalue weighted by Gasteiger charge is -2.35. The molecular weight excluding hydrogens is 354 g/mol. The summed E-state index contributed by atoms with van der Waals surface area (Å²) in [6, 6.07) is 8.79. The Morgan fingerprint density at radius 2 is 1.54 bits per heavy atom. The molecule has 0 amide bonds. The number of aliphatic imine (C=N–C) groups is 1. The van der Waals surface area contributed by atoms with Crippen LogP contribution in [0, 0.1) is 0 Å². The Balaban J connectivity index is 2.08. The van der Waals surface area contributed by atoms with Gasteiger partial charge in [-0.1, -0.05) is 65.8 Å². The van der Waals surface area contributed by atoms with E-state index in [4.69, 9.17) is 4.74 Å². The smallest absolute Gasteiger partial charge is 0.318 e. The van der Waals surface area contributed by atoms with Crippen LogP contribution in [-0.2, 0) is 10.8 Å². The van der Waals surface area contributed by atoms with Gasteiger partial charge in [0, 0.05) is 22.3 Å². The fraction of sp³-hybridized carbons (Fsp3) is 0.391. The maximum atomic E-state index is 12.9. The van der Waals surface area contributed by atoms with Crippen molar-refractivity contribution in [3.63, 3.8) is 0 Å². The second-order valence-electron chi connectivity index (χ2n) is 9.58. The summed E-state index contributed by atoms with van der Waals surface area (Å²) in [7, 11) is 0. The zero-order valence-electron chi connectivity index (χ0n) is 17.0. The lowest BCUT2D eigenvalue weighted by atomic mass is 9.79. The van der Waals surface area contributed by atoms with Crippen molar-refractivity contribution in [3.8, 4) is 11.5 Å². The Bertz CT molecular complexity index is 1050. The van der Waals surface area contributed by atoms with Crippen molar-refractivity contribution in [2.45, 2.75) is 58.2 Å². The molecule has 0 radical (unpaired) electrons. The van der Waals surface area contributed by atoms with Crippen LogP contribution in [-0.4, -0.2) is 27.5 Å². The number of phenols is 1. The van der Waals surface area contributed by atoms with E-state index < -0.39 is 11.6 Å². The lowest BCUT2D eigenvalue weighted by molar-refractivity contribution is -0.0468. The number of Topliss-reactive ketones (excluding diaryl/α,β-unsaturated/α-hetero) is 1. The number of aromatic hydroxyl groups is 1. The first-order valence-corrected chi connectivity index (χ1v) is 9.41. The van der Waals surface area contributed by atoms with E-state index in [1.54, 1.807) is 24.3 Å². The number of fused-ring (bicyclic) bond motifs is 4. The highest BCUT2D eigenvalue weighted by Crippen LogP contribution is 2.53. The number of hydrogen-bond acceptors (Lipinski definition) is 5. The van der Waals surface area contributed by atoms with Gasteiger partial charge in [-0.2, -0.15) is 0 Å². The summed E-state index contributed by atoms with van der Waals surface area (Å²) in [4.78, 5) is 17.5. The monoisotopic (exact) mass is 379 g/mol. The van der Waals surface area contributed by atoms with E-state index in [-0.39, 0.29) is 33.7 Å². The number of aliphatic hydroxyl groups is 1. The Kier molecular flexibility index (Phi) is 3.64. The highest BCUT2D eigenvalue weighted by molar-refractivity contribution is 6.33. The summed E-state index contributed by atoms with van der Waals surface area (Å²) in [6.07, 6.45) is 0. The number of hydrogen-bond donors (Lipinski definition) is 2. The van der Waals surface area contributed by atoms with E-state index in [0.29, 0.717) is 11.1 Å². The van der Waals surface area contributed by atoms with Gasteiger partial charge in [-0.05, 0) is 16.9 Å². The largest absolute Gasteiger partial charge is 0.505 e. The zero-order chi connectivity index (χ0) is 20.6. The van der Waals surface area contributed by atoms with Crippen molar-refractivity contribution in [1.82, 2.24) is 0 Å². The molecule has 28 heavy (non-hydrogen) atoms. The summed E-state index contributed by atoms with van der Waals surface area (Å²) in [6.45, 7) is 12.1. The molecule has 5 nitrogen and oxygen atoms in total. The summed E-state index contributed by atoms with van der Waals surface area (Å²) in [5.74, 6) is -2.44. The molecule has 146 valence electrons. The summed E-state index contributed by atoms with van der Waals surface area (Å²) < 4.78 is 5.96. The molecule has 4 rings (SSSR count). The first-order chi connectivity index (χ1) is 12.9. The van der Waals surface area contributed by atoms with Crippen molar-refractivity contribution in [2.75, 3.05) is 0 Å². The van der Waals surface area contributed by atoms with Crippen molar-refractivity contribution in [2.24, 2.45) is 4.99 Å². The predicted octanol–water partition coefficient (Wildman–Crippen LogP) is 4.39. The molecule has 0 spiro atoms.